The third-order valence-electron chi connectivity index (χ3n) is 4.56. The Kier molecular flexibility index (Phi) is 6.77. The summed E-state index contributed by atoms with van der Waals surface area (Å²) in [6.07, 6.45) is 3.49. The van der Waals surface area contributed by atoms with E-state index in [1.165, 1.54) is 29.1 Å². The van der Waals surface area contributed by atoms with Crippen molar-refractivity contribution in [2.24, 2.45) is 0 Å². The van der Waals surface area contributed by atoms with Crippen LogP contribution in [0.25, 0.3) is 11.2 Å². The Balaban J connectivity index is 1.56. The fourth-order valence-corrected chi connectivity index (χ4v) is 4.00. The lowest BCUT2D eigenvalue weighted by Gasteiger charge is -2.12. The van der Waals surface area contributed by atoms with Crippen LogP contribution in [0, 0.1) is 5.82 Å². The largest absolute Gasteiger partial charge is 0.323 e. The number of aromatic nitrogens is 4. The fourth-order valence-electron chi connectivity index (χ4n) is 3.03. The quantitative estimate of drug-likeness (QED) is 0.325. The smallest absolute Gasteiger partial charge is 0.282 e. The van der Waals surface area contributed by atoms with Gasteiger partial charge in [0.15, 0.2) is 16.3 Å². The molecular weight excluding hydrogens is 453 g/mol. The van der Waals surface area contributed by atoms with Crippen LogP contribution in [0.5, 0.6) is 0 Å². The Morgan fingerprint density at radius 2 is 1.91 bits per heavy atom. The van der Waals surface area contributed by atoms with Crippen LogP contribution in [0.4, 0.5) is 10.1 Å². The lowest BCUT2D eigenvalue weighted by Crippen LogP contribution is -2.26. The van der Waals surface area contributed by atoms with E-state index in [-0.39, 0.29) is 33.2 Å². The van der Waals surface area contributed by atoms with E-state index in [1.807, 2.05) is 30.3 Å². The first-order valence-electron chi connectivity index (χ1n) is 9.64. The van der Waals surface area contributed by atoms with E-state index in [4.69, 9.17) is 11.6 Å². The molecule has 0 fully saturated rings. The minimum atomic E-state index is -0.630. The summed E-state index contributed by atoms with van der Waals surface area (Å²) in [6, 6.07) is 13.7. The second-order valence-corrected chi connectivity index (χ2v) is 8.16. The maximum atomic E-state index is 13.9. The van der Waals surface area contributed by atoms with Crippen molar-refractivity contribution in [1.29, 1.82) is 0 Å². The van der Waals surface area contributed by atoms with Gasteiger partial charge in [-0.3, -0.25) is 14.2 Å². The number of fused-ring (bicyclic) bond motifs is 1. The summed E-state index contributed by atoms with van der Waals surface area (Å²) in [6.45, 7) is 0.359. The first-order valence-corrected chi connectivity index (χ1v) is 11.0. The van der Waals surface area contributed by atoms with Crippen molar-refractivity contribution < 1.29 is 9.18 Å². The number of halogens is 2. The van der Waals surface area contributed by atoms with Crippen molar-refractivity contribution in [3.63, 3.8) is 0 Å². The molecule has 7 nitrogen and oxygen atoms in total. The normalized spacial score (nSPS) is 10.9. The zero-order valence-corrected chi connectivity index (χ0v) is 18.2. The Morgan fingerprint density at radius 3 is 2.69 bits per heavy atom. The van der Waals surface area contributed by atoms with Crippen molar-refractivity contribution in [2.75, 3.05) is 11.1 Å². The molecule has 0 aliphatic heterocycles. The SMILES string of the molecule is O=C(CSc1nc2nccnc2c(=O)n1CCc1ccccc1)Nc1ccc(Cl)cc1F. The van der Waals surface area contributed by atoms with Gasteiger partial charge in [-0.2, -0.15) is 0 Å². The van der Waals surface area contributed by atoms with Gasteiger partial charge in [-0.15, -0.1) is 0 Å². The van der Waals surface area contributed by atoms with Crippen LogP contribution in [-0.4, -0.2) is 31.2 Å². The highest BCUT2D eigenvalue weighted by Crippen LogP contribution is 2.21. The maximum Gasteiger partial charge on any atom is 0.282 e. The van der Waals surface area contributed by atoms with E-state index in [0.717, 1.165) is 23.4 Å². The number of carbonyl (C=O) groups excluding carboxylic acids is 1. The van der Waals surface area contributed by atoms with Crippen LogP contribution < -0.4 is 10.9 Å². The summed E-state index contributed by atoms with van der Waals surface area (Å²) < 4.78 is 15.4. The first-order chi connectivity index (χ1) is 15.5. The molecule has 0 atom stereocenters. The van der Waals surface area contributed by atoms with Crippen molar-refractivity contribution in [3.05, 3.63) is 87.7 Å². The van der Waals surface area contributed by atoms with Gasteiger partial charge in [-0.25, -0.2) is 19.3 Å². The zero-order chi connectivity index (χ0) is 22.5. The Bertz CT molecular complexity index is 1330. The van der Waals surface area contributed by atoms with E-state index in [0.29, 0.717) is 18.1 Å². The minimum absolute atomic E-state index is 0.0267. The molecule has 2 aromatic heterocycles. The lowest BCUT2D eigenvalue weighted by molar-refractivity contribution is -0.113. The molecule has 4 aromatic rings. The molecule has 1 N–H and O–H groups in total. The van der Waals surface area contributed by atoms with E-state index in [1.54, 1.807) is 0 Å². The van der Waals surface area contributed by atoms with Crippen LogP contribution in [-0.2, 0) is 17.8 Å². The minimum Gasteiger partial charge on any atom is -0.323 e. The number of amides is 1. The molecule has 0 bridgehead atoms. The standard InChI is InChI=1S/C22H17ClFN5O2S/c23-15-6-7-17(16(24)12-15)27-18(30)13-32-22-28-20-19(25-9-10-26-20)21(31)29(22)11-8-14-4-2-1-3-5-14/h1-7,9-10,12H,8,11,13H2,(H,27,30). The van der Waals surface area contributed by atoms with Crippen molar-refractivity contribution in [1.82, 2.24) is 19.5 Å². The molecule has 0 aliphatic rings. The summed E-state index contributed by atoms with van der Waals surface area (Å²) in [7, 11) is 0. The molecule has 2 aromatic carbocycles. The van der Waals surface area contributed by atoms with Crippen LogP contribution >= 0.6 is 23.4 Å². The Labute approximate surface area is 191 Å². The molecule has 0 saturated carbocycles. The second kappa shape index (κ2) is 9.88. The highest BCUT2D eigenvalue weighted by molar-refractivity contribution is 7.99. The van der Waals surface area contributed by atoms with Gasteiger partial charge < -0.3 is 5.32 Å². The predicted octanol–water partition coefficient (Wildman–Crippen LogP) is 3.95. The average molecular weight is 470 g/mol. The van der Waals surface area contributed by atoms with Crippen molar-refractivity contribution in [3.8, 4) is 0 Å². The lowest BCUT2D eigenvalue weighted by atomic mass is 10.1. The summed E-state index contributed by atoms with van der Waals surface area (Å²) in [5.41, 5.74) is 1.13. The Hall–Kier alpha value is -3.30. The zero-order valence-electron chi connectivity index (χ0n) is 16.7. The number of aryl methyl sites for hydroxylation is 1. The van der Waals surface area contributed by atoms with Gasteiger partial charge in [0.25, 0.3) is 5.56 Å². The number of anilines is 1. The highest BCUT2D eigenvalue weighted by atomic mass is 35.5. The number of nitrogens with one attached hydrogen (secondary N) is 1. The van der Waals surface area contributed by atoms with Gasteiger partial charge in [-0.1, -0.05) is 53.7 Å². The molecule has 0 radical (unpaired) electrons. The van der Waals surface area contributed by atoms with E-state index in [9.17, 15) is 14.0 Å². The van der Waals surface area contributed by atoms with Crippen LogP contribution in [0.15, 0.2) is 70.9 Å². The third-order valence-corrected chi connectivity index (χ3v) is 5.78. The number of carbonyl (C=O) groups is 1. The number of thioether (sulfide) groups is 1. The molecule has 0 saturated heterocycles. The fraction of sp³-hybridized carbons (Fsp3) is 0.136. The van der Waals surface area contributed by atoms with Crippen molar-refractivity contribution >= 4 is 46.1 Å². The van der Waals surface area contributed by atoms with Crippen LogP contribution in [0.2, 0.25) is 5.02 Å². The number of nitrogens with zero attached hydrogens (tertiary/aromatic N) is 4. The second-order valence-electron chi connectivity index (χ2n) is 6.78. The molecule has 4 rings (SSSR count). The summed E-state index contributed by atoms with van der Waals surface area (Å²) in [5, 5.41) is 3.07. The number of benzene rings is 2. The molecular formula is C22H17ClFN5O2S. The molecule has 32 heavy (non-hydrogen) atoms. The third kappa shape index (κ3) is 5.12. The van der Waals surface area contributed by atoms with Gasteiger partial charge in [-0.05, 0) is 30.2 Å². The molecule has 1 amide bonds. The topological polar surface area (TPSA) is 89.8 Å². The Morgan fingerprint density at radius 1 is 1.12 bits per heavy atom. The van der Waals surface area contributed by atoms with Gasteiger partial charge in [0.2, 0.25) is 5.91 Å². The van der Waals surface area contributed by atoms with Gasteiger partial charge in [0, 0.05) is 24.0 Å². The number of rotatable bonds is 7. The van der Waals surface area contributed by atoms with Gasteiger partial charge in [0.1, 0.15) is 5.82 Å². The molecule has 0 aliphatic carbocycles. The summed E-state index contributed by atoms with van der Waals surface area (Å²) in [4.78, 5) is 38.1. The molecule has 0 unspecified atom stereocenters. The summed E-state index contributed by atoms with van der Waals surface area (Å²) >= 11 is 6.81. The van der Waals surface area contributed by atoms with Crippen LogP contribution in [0.3, 0.4) is 0 Å². The predicted molar refractivity (Wildman–Crippen MR) is 123 cm³/mol. The number of hydrogen-bond acceptors (Lipinski definition) is 6. The van der Waals surface area contributed by atoms with E-state index < -0.39 is 11.7 Å². The highest BCUT2D eigenvalue weighted by Gasteiger charge is 2.15. The molecule has 162 valence electrons. The molecule has 0 spiro atoms. The van der Waals surface area contributed by atoms with Gasteiger partial charge in [0.05, 0.1) is 11.4 Å². The number of hydrogen-bond donors (Lipinski definition) is 1. The van der Waals surface area contributed by atoms with E-state index in [2.05, 4.69) is 20.3 Å². The monoisotopic (exact) mass is 469 g/mol. The molecule has 10 heteroatoms. The van der Waals surface area contributed by atoms with Crippen molar-refractivity contribution in [2.45, 2.75) is 18.1 Å². The van der Waals surface area contributed by atoms with Gasteiger partial charge >= 0.3 is 0 Å². The summed E-state index contributed by atoms with van der Waals surface area (Å²) in [5.74, 6) is -1.15. The maximum absolute atomic E-state index is 13.9. The van der Waals surface area contributed by atoms with Crippen LogP contribution in [0.1, 0.15) is 5.56 Å². The average Bonchev–Trinajstić information content (AvgIpc) is 2.80. The van der Waals surface area contributed by atoms with E-state index >= 15 is 0 Å². The molecule has 2 heterocycles. The first kappa shape index (κ1) is 21.9.